The lowest BCUT2D eigenvalue weighted by atomic mass is 10.2. The Morgan fingerprint density at radius 3 is 2.48 bits per heavy atom. The zero-order chi connectivity index (χ0) is 22.5. The molecule has 1 heterocycles. The first-order valence-electron chi connectivity index (χ1n) is 9.39. The molecule has 0 saturated carbocycles. The van der Waals surface area contributed by atoms with Crippen LogP contribution < -0.4 is 10.1 Å². The molecule has 0 atom stereocenters. The van der Waals surface area contributed by atoms with Crippen molar-refractivity contribution in [3.8, 4) is 11.4 Å². The van der Waals surface area contributed by atoms with E-state index in [1.165, 1.54) is 18.2 Å². The lowest BCUT2D eigenvalue weighted by Gasteiger charge is -2.09. The first-order valence-corrected chi connectivity index (χ1v) is 9.39. The third-order valence-electron chi connectivity index (χ3n) is 4.46. The zero-order valence-electron chi connectivity index (χ0n) is 17.2. The van der Waals surface area contributed by atoms with Crippen LogP contribution in [-0.4, -0.2) is 34.9 Å². The van der Waals surface area contributed by atoms with Crippen LogP contribution in [0.4, 0.5) is 14.5 Å². The summed E-state index contributed by atoms with van der Waals surface area (Å²) in [6, 6.07) is 12.9. The Kier molecular flexibility index (Phi) is 6.64. The fourth-order valence-electron chi connectivity index (χ4n) is 2.95. The number of halogens is 2. The van der Waals surface area contributed by atoms with Crippen molar-refractivity contribution in [3.63, 3.8) is 0 Å². The van der Waals surface area contributed by atoms with Crippen molar-refractivity contribution >= 4 is 17.6 Å². The van der Waals surface area contributed by atoms with Crippen molar-refractivity contribution in [2.75, 3.05) is 11.9 Å². The van der Waals surface area contributed by atoms with Crippen molar-refractivity contribution in [3.05, 3.63) is 71.0 Å². The number of nitrogens with zero attached hydrogens (tertiary/aromatic N) is 2. The van der Waals surface area contributed by atoms with E-state index in [1.54, 1.807) is 11.6 Å². The summed E-state index contributed by atoms with van der Waals surface area (Å²) in [5.41, 5.74) is 3.81. The number of amides is 1. The SMILES string of the molecule is Cc1ccc(-n2nc(C)c(NC(=O)COC(=O)c3cccc(OC(F)F)c3)c2C)cc1. The summed E-state index contributed by atoms with van der Waals surface area (Å²) in [6.45, 7) is 2.00. The van der Waals surface area contributed by atoms with Gasteiger partial charge in [-0.15, -0.1) is 0 Å². The van der Waals surface area contributed by atoms with Gasteiger partial charge in [-0.3, -0.25) is 4.79 Å². The van der Waals surface area contributed by atoms with E-state index in [0.29, 0.717) is 11.4 Å². The Bertz CT molecular complexity index is 1090. The molecule has 162 valence electrons. The van der Waals surface area contributed by atoms with Gasteiger partial charge in [-0.25, -0.2) is 9.48 Å². The van der Waals surface area contributed by atoms with Crippen LogP contribution in [0.25, 0.3) is 5.69 Å². The molecule has 1 amide bonds. The summed E-state index contributed by atoms with van der Waals surface area (Å²) in [7, 11) is 0. The Morgan fingerprint density at radius 2 is 1.81 bits per heavy atom. The minimum absolute atomic E-state index is 0.00879. The highest BCUT2D eigenvalue weighted by Gasteiger charge is 2.17. The van der Waals surface area contributed by atoms with Crippen LogP contribution in [0.3, 0.4) is 0 Å². The summed E-state index contributed by atoms with van der Waals surface area (Å²) in [6.07, 6.45) is 0. The molecule has 31 heavy (non-hydrogen) atoms. The molecular formula is C22H21F2N3O4. The van der Waals surface area contributed by atoms with Crippen LogP contribution in [0.15, 0.2) is 48.5 Å². The van der Waals surface area contributed by atoms with Crippen LogP contribution in [0.2, 0.25) is 0 Å². The monoisotopic (exact) mass is 429 g/mol. The number of rotatable bonds is 7. The molecule has 3 rings (SSSR count). The van der Waals surface area contributed by atoms with Gasteiger partial charge in [-0.05, 0) is 51.1 Å². The van der Waals surface area contributed by atoms with E-state index in [-0.39, 0.29) is 11.3 Å². The van der Waals surface area contributed by atoms with Gasteiger partial charge in [0, 0.05) is 0 Å². The minimum atomic E-state index is -3.01. The first kappa shape index (κ1) is 21.9. The smallest absolute Gasteiger partial charge is 0.387 e. The number of aryl methyl sites for hydroxylation is 2. The zero-order valence-corrected chi connectivity index (χ0v) is 17.2. The van der Waals surface area contributed by atoms with E-state index in [2.05, 4.69) is 15.2 Å². The molecule has 3 aromatic rings. The number of benzene rings is 2. The summed E-state index contributed by atoms with van der Waals surface area (Å²) < 4.78 is 35.6. The van der Waals surface area contributed by atoms with Gasteiger partial charge in [-0.1, -0.05) is 23.8 Å². The summed E-state index contributed by atoms with van der Waals surface area (Å²) in [4.78, 5) is 24.4. The lowest BCUT2D eigenvalue weighted by Crippen LogP contribution is -2.21. The Morgan fingerprint density at radius 1 is 1.10 bits per heavy atom. The fraction of sp³-hybridized carbons (Fsp3) is 0.227. The van der Waals surface area contributed by atoms with Gasteiger partial charge in [0.2, 0.25) is 0 Å². The number of carbonyl (C=O) groups excluding carboxylic acids is 2. The number of anilines is 1. The molecule has 0 radical (unpaired) electrons. The molecular weight excluding hydrogens is 408 g/mol. The van der Waals surface area contributed by atoms with Crippen LogP contribution in [0.5, 0.6) is 5.75 Å². The molecule has 1 aromatic heterocycles. The van der Waals surface area contributed by atoms with Crippen LogP contribution >= 0.6 is 0 Å². The van der Waals surface area contributed by atoms with Crippen molar-refractivity contribution < 1.29 is 27.8 Å². The number of aromatic nitrogens is 2. The van der Waals surface area contributed by atoms with Crippen molar-refractivity contribution in [2.24, 2.45) is 0 Å². The number of nitrogens with one attached hydrogen (secondary N) is 1. The predicted octanol–water partition coefficient (Wildman–Crippen LogP) is 4.19. The molecule has 0 bridgehead atoms. The fourth-order valence-corrected chi connectivity index (χ4v) is 2.95. The molecule has 0 spiro atoms. The molecule has 0 aliphatic carbocycles. The van der Waals surface area contributed by atoms with E-state index < -0.39 is 25.1 Å². The normalized spacial score (nSPS) is 10.8. The predicted molar refractivity (Wildman–Crippen MR) is 110 cm³/mol. The average molecular weight is 429 g/mol. The maximum atomic E-state index is 12.3. The van der Waals surface area contributed by atoms with Crippen molar-refractivity contribution in [1.29, 1.82) is 0 Å². The average Bonchev–Trinajstić information content (AvgIpc) is 3.00. The van der Waals surface area contributed by atoms with E-state index in [0.717, 1.165) is 23.0 Å². The molecule has 1 N–H and O–H groups in total. The second-order valence-corrected chi connectivity index (χ2v) is 6.82. The van der Waals surface area contributed by atoms with Crippen molar-refractivity contribution in [1.82, 2.24) is 9.78 Å². The van der Waals surface area contributed by atoms with Gasteiger partial charge in [0.15, 0.2) is 6.61 Å². The molecule has 9 heteroatoms. The molecule has 0 aliphatic heterocycles. The third-order valence-corrected chi connectivity index (χ3v) is 4.46. The number of ether oxygens (including phenoxy) is 2. The van der Waals surface area contributed by atoms with E-state index in [4.69, 9.17) is 4.74 Å². The third kappa shape index (κ3) is 5.44. The minimum Gasteiger partial charge on any atom is -0.452 e. The van der Waals surface area contributed by atoms with Gasteiger partial charge in [0.05, 0.1) is 28.3 Å². The van der Waals surface area contributed by atoms with Gasteiger partial charge in [-0.2, -0.15) is 13.9 Å². The number of alkyl halides is 2. The van der Waals surface area contributed by atoms with Gasteiger partial charge in [0.25, 0.3) is 5.91 Å². The van der Waals surface area contributed by atoms with Crippen LogP contribution in [0, 0.1) is 20.8 Å². The number of carbonyl (C=O) groups is 2. The second kappa shape index (κ2) is 9.38. The number of hydrogen-bond donors (Lipinski definition) is 1. The molecule has 0 aliphatic rings. The Balaban J connectivity index is 1.64. The van der Waals surface area contributed by atoms with Crippen LogP contribution in [0.1, 0.15) is 27.3 Å². The first-order chi connectivity index (χ1) is 14.7. The highest BCUT2D eigenvalue weighted by molar-refractivity contribution is 5.96. The van der Waals surface area contributed by atoms with E-state index >= 15 is 0 Å². The largest absolute Gasteiger partial charge is 0.452 e. The highest BCUT2D eigenvalue weighted by Crippen LogP contribution is 2.23. The Labute approximate surface area is 177 Å². The molecule has 0 fully saturated rings. The van der Waals surface area contributed by atoms with Gasteiger partial charge in [0.1, 0.15) is 5.75 Å². The van der Waals surface area contributed by atoms with E-state index in [9.17, 15) is 18.4 Å². The highest BCUT2D eigenvalue weighted by atomic mass is 19.3. The summed E-state index contributed by atoms with van der Waals surface area (Å²) in [5, 5.41) is 7.16. The molecule has 0 unspecified atom stereocenters. The topological polar surface area (TPSA) is 82.5 Å². The second-order valence-electron chi connectivity index (χ2n) is 6.82. The molecule has 0 saturated heterocycles. The van der Waals surface area contributed by atoms with Gasteiger partial charge < -0.3 is 14.8 Å². The van der Waals surface area contributed by atoms with E-state index in [1.807, 2.05) is 38.1 Å². The number of esters is 1. The van der Waals surface area contributed by atoms with Gasteiger partial charge >= 0.3 is 12.6 Å². The summed E-state index contributed by atoms with van der Waals surface area (Å²) >= 11 is 0. The van der Waals surface area contributed by atoms with Crippen molar-refractivity contribution in [2.45, 2.75) is 27.4 Å². The maximum absolute atomic E-state index is 12.3. The maximum Gasteiger partial charge on any atom is 0.387 e. The summed E-state index contributed by atoms with van der Waals surface area (Å²) in [5.74, 6) is -1.56. The quantitative estimate of drug-likeness (QED) is 0.570. The standard InChI is InChI=1S/C22H21F2N3O4/c1-13-7-9-17(10-8-13)27-15(3)20(14(2)26-27)25-19(28)12-30-21(29)16-5-4-6-18(11-16)31-22(23)24/h4-11,22H,12H2,1-3H3,(H,25,28). The lowest BCUT2D eigenvalue weighted by molar-refractivity contribution is -0.119. The Hall–Kier alpha value is -3.75. The molecule has 2 aromatic carbocycles. The van der Waals surface area contributed by atoms with Crippen LogP contribution in [-0.2, 0) is 9.53 Å². The number of hydrogen-bond acceptors (Lipinski definition) is 5. The molecule has 7 nitrogen and oxygen atoms in total.